The Morgan fingerprint density at radius 2 is 2.14 bits per heavy atom. The minimum absolute atomic E-state index is 0.0122. The van der Waals surface area contributed by atoms with Gasteiger partial charge in [0.2, 0.25) is 0 Å². The molecule has 1 heterocycles. The van der Waals surface area contributed by atoms with Crippen molar-refractivity contribution in [1.29, 1.82) is 0 Å². The maximum absolute atomic E-state index is 9.97. The standard InChI is InChI=1S/C16H28O5/c1-4-7-19-14(11(2)3)10-20-15-16(5-6-16)8-12(18)13(9-17)21-15/h4,11-15,17-18H,1,5-10H2,2-3H3/t12-,13-,14?,15?/m1/s1. The van der Waals surface area contributed by atoms with Crippen molar-refractivity contribution in [3.8, 4) is 0 Å². The van der Waals surface area contributed by atoms with Crippen LogP contribution in [0.25, 0.3) is 0 Å². The third-order valence-electron chi connectivity index (χ3n) is 4.50. The highest BCUT2D eigenvalue weighted by Gasteiger charge is 2.56. The van der Waals surface area contributed by atoms with Crippen molar-refractivity contribution in [3.63, 3.8) is 0 Å². The summed E-state index contributed by atoms with van der Waals surface area (Å²) in [6, 6.07) is 0. The van der Waals surface area contributed by atoms with Crippen LogP contribution >= 0.6 is 0 Å². The van der Waals surface area contributed by atoms with E-state index in [0.29, 0.717) is 25.6 Å². The van der Waals surface area contributed by atoms with Crippen molar-refractivity contribution < 1.29 is 24.4 Å². The van der Waals surface area contributed by atoms with Crippen LogP contribution in [0.15, 0.2) is 12.7 Å². The third kappa shape index (κ3) is 4.05. The first-order chi connectivity index (χ1) is 10.0. The first kappa shape index (κ1) is 16.9. The van der Waals surface area contributed by atoms with Crippen molar-refractivity contribution in [1.82, 2.24) is 0 Å². The Morgan fingerprint density at radius 1 is 1.43 bits per heavy atom. The summed E-state index contributed by atoms with van der Waals surface area (Å²) in [5, 5.41) is 19.2. The lowest BCUT2D eigenvalue weighted by atomic mass is 9.91. The van der Waals surface area contributed by atoms with Crippen molar-refractivity contribution in [3.05, 3.63) is 12.7 Å². The molecule has 0 aromatic carbocycles. The molecule has 1 spiro atoms. The van der Waals surface area contributed by atoms with Gasteiger partial charge in [0.25, 0.3) is 0 Å². The summed E-state index contributed by atoms with van der Waals surface area (Å²) >= 11 is 0. The molecular formula is C16H28O5. The van der Waals surface area contributed by atoms with E-state index in [9.17, 15) is 10.2 Å². The minimum Gasteiger partial charge on any atom is -0.394 e. The Kier molecular flexibility index (Phi) is 5.80. The highest BCUT2D eigenvalue weighted by atomic mass is 16.7. The Bertz CT molecular complexity index is 340. The Morgan fingerprint density at radius 3 is 2.67 bits per heavy atom. The van der Waals surface area contributed by atoms with Crippen LogP contribution in [0.1, 0.15) is 33.1 Å². The number of aliphatic hydroxyl groups is 2. The molecule has 1 saturated carbocycles. The molecule has 21 heavy (non-hydrogen) atoms. The average molecular weight is 300 g/mol. The van der Waals surface area contributed by atoms with Crippen molar-refractivity contribution >= 4 is 0 Å². The molecule has 1 aliphatic carbocycles. The number of hydrogen-bond donors (Lipinski definition) is 2. The highest BCUT2D eigenvalue weighted by molar-refractivity contribution is 5.02. The van der Waals surface area contributed by atoms with Crippen LogP contribution in [0.5, 0.6) is 0 Å². The molecule has 2 unspecified atom stereocenters. The van der Waals surface area contributed by atoms with E-state index in [4.69, 9.17) is 14.2 Å². The smallest absolute Gasteiger partial charge is 0.163 e. The Balaban J connectivity index is 1.89. The van der Waals surface area contributed by atoms with Gasteiger partial charge in [-0.05, 0) is 25.2 Å². The van der Waals surface area contributed by atoms with E-state index in [2.05, 4.69) is 20.4 Å². The molecule has 5 nitrogen and oxygen atoms in total. The van der Waals surface area contributed by atoms with Gasteiger partial charge in [0.05, 0.1) is 32.0 Å². The quantitative estimate of drug-likeness (QED) is 0.665. The van der Waals surface area contributed by atoms with Gasteiger partial charge in [0, 0.05) is 5.41 Å². The van der Waals surface area contributed by atoms with E-state index in [0.717, 1.165) is 12.8 Å². The maximum atomic E-state index is 9.97. The number of aliphatic hydroxyl groups excluding tert-OH is 2. The molecule has 1 saturated heterocycles. The van der Waals surface area contributed by atoms with E-state index in [1.807, 2.05) is 0 Å². The van der Waals surface area contributed by atoms with Gasteiger partial charge >= 0.3 is 0 Å². The summed E-state index contributed by atoms with van der Waals surface area (Å²) in [7, 11) is 0. The summed E-state index contributed by atoms with van der Waals surface area (Å²) in [6.07, 6.45) is 2.87. The molecule has 2 aliphatic rings. The minimum atomic E-state index is -0.602. The van der Waals surface area contributed by atoms with Crippen LogP contribution in [0.4, 0.5) is 0 Å². The van der Waals surface area contributed by atoms with Gasteiger partial charge in [0.1, 0.15) is 6.10 Å². The maximum Gasteiger partial charge on any atom is 0.163 e. The zero-order valence-electron chi connectivity index (χ0n) is 13.0. The Hall–Kier alpha value is -0.460. The van der Waals surface area contributed by atoms with E-state index >= 15 is 0 Å². The fraction of sp³-hybridized carbons (Fsp3) is 0.875. The second kappa shape index (κ2) is 7.20. The molecule has 2 fully saturated rings. The van der Waals surface area contributed by atoms with Gasteiger partial charge in [-0.1, -0.05) is 19.9 Å². The van der Waals surface area contributed by atoms with Crippen molar-refractivity contribution in [2.24, 2.45) is 11.3 Å². The lowest BCUT2D eigenvalue weighted by Crippen LogP contribution is -2.49. The average Bonchev–Trinajstić information content (AvgIpc) is 3.20. The predicted octanol–water partition coefficient (Wildman–Crippen LogP) is 1.48. The fourth-order valence-electron chi connectivity index (χ4n) is 2.83. The molecule has 1 aliphatic heterocycles. The molecule has 0 bridgehead atoms. The zero-order valence-corrected chi connectivity index (χ0v) is 13.0. The number of ether oxygens (including phenoxy) is 3. The molecule has 5 heteroatoms. The molecule has 0 amide bonds. The third-order valence-corrected chi connectivity index (χ3v) is 4.50. The second-order valence-corrected chi connectivity index (χ2v) is 6.56. The SMILES string of the molecule is C=CCOC(COC1O[C@H](CO)[C@H](O)CC12CC2)C(C)C. The summed E-state index contributed by atoms with van der Waals surface area (Å²) in [5.74, 6) is 0.336. The fourth-order valence-corrected chi connectivity index (χ4v) is 2.83. The van der Waals surface area contributed by atoms with E-state index in [-0.39, 0.29) is 24.4 Å². The van der Waals surface area contributed by atoms with Gasteiger partial charge in [-0.3, -0.25) is 0 Å². The molecular weight excluding hydrogens is 272 g/mol. The largest absolute Gasteiger partial charge is 0.394 e. The first-order valence-corrected chi connectivity index (χ1v) is 7.81. The summed E-state index contributed by atoms with van der Waals surface area (Å²) in [4.78, 5) is 0. The Labute approximate surface area is 126 Å². The van der Waals surface area contributed by atoms with Crippen LogP contribution in [0.3, 0.4) is 0 Å². The van der Waals surface area contributed by atoms with Crippen LogP contribution < -0.4 is 0 Å². The van der Waals surface area contributed by atoms with Crippen molar-refractivity contribution in [2.45, 2.75) is 57.7 Å². The number of rotatable bonds is 8. The van der Waals surface area contributed by atoms with E-state index in [1.54, 1.807) is 6.08 Å². The zero-order chi connectivity index (χ0) is 15.5. The van der Waals surface area contributed by atoms with Crippen LogP contribution in [0, 0.1) is 11.3 Å². The lowest BCUT2D eigenvalue weighted by molar-refractivity contribution is -0.271. The molecule has 4 atom stereocenters. The summed E-state index contributed by atoms with van der Waals surface area (Å²) < 4.78 is 17.4. The van der Waals surface area contributed by atoms with Crippen molar-refractivity contribution in [2.75, 3.05) is 19.8 Å². The first-order valence-electron chi connectivity index (χ1n) is 7.81. The van der Waals surface area contributed by atoms with Gasteiger partial charge in [0.15, 0.2) is 6.29 Å². The predicted molar refractivity (Wildman–Crippen MR) is 78.8 cm³/mol. The second-order valence-electron chi connectivity index (χ2n) is 6.56. The van der Waals surface area contributed by atoms with E-state index < -0.39 is 12.2 Å². The highest BCUT2D eigenvalue weighted by Crippen LogP contribution is 2.56. The van der Waals surface area contributed by atoms with Gasteiger partial charge < -0.3 is 24.4 Å². The van der Waals surface area contributed by atoms with Crippen LogP contribution in [-0.4, -0.2) is 54.6 Å². The molecule has 0 aromatic heterocycles. The van der Waals surface area contributed by atoms with E-state index in [1.165, 1.54) is 0 Å². The van der Waals surface area contributed by atoms with Gasteiger partial charge in [-0.2, -0.15) is 0 Å². The lowest BCUT2D eigenvalue weighted by Gasteiger charge is -2.39. The van der Waals surface area contributed by atoms with Crippen LogP contribution in [-0.2, 0) is 14.2 Å². The van der Waals surface area contributed by atoms with Gasteiger partial charge in [-0.25, -0.2) is 0 Å². The molecule has 2 rings (SSSR count). The summed E-state index contributed by atoms with van der Waals surface area (Å²) in [5.41, 5.74) is -0.0644. The van der Waals surface area contributed by atoms with Gasteiger partial charge in [-0.15, -0.1) is 6.58 Å². The molecule has 2 N–H and O–H groups in total. The monoisotopic (exact) mass is 300 g/mol. The molecule has 0 aromatic rings. The summed E-state index contributed by atoms with van der Waals surface area (Å²) in [6.45, 7) is 8.61. The van der Waals surface area contributed by atoms with Crippen LogP contribution in [0.2, 0.25) is 0 Å². The molecule has 122 valence electrons. The molecule has 0 radical (unpaired) electrons. The topological polar surface area (TPSA) is 68.2 Å². The normalized spacial score (nSPS) is 32.3. The number of hydrogen-bond acceptors (Lipinski definition) is 5.